The van der Waals surface area contributed by atoms with Gasteiger partial charge in [-0.15, -0.1) is 24.0 Å². The van der Waals surface area contributed by atoms with Gasteiger partial charge in [-0.2, -0.15) is 0 Å². The monoisotopic (exact) mass is 456 g/mol. The summed E-state index contributed by atoms with van der Waals surface area (Å²) >= 11 is 12.0. The summed E-state index contributed by atoms with van der Waals surface area (Å²) < 4.78 is 0. The summed E-state index contributed by atoms with van der Waals surface area (Å²) in [4.78, 5) is 6.80. The zero-order valence-corrected chi connectivity index (χ0v) is 16.5. The average molecular weight is 457 g/mol. The quantitative estimate of drug-likeness (QED) is 0.405. The van der Waals surface area contributed by atoms with E-state index in [1.165, 1.54) is 19.4 Å². The summed E-state index contributed by atoms with van der Waals surface area (Å²) in [6, 6.07) is 5.95. The van der Waals surface area contributed by atoms with Crippen molar-refractivity contribution < 1.29 is 0 Å². The maximum absolute atomic E-state index is 6.11. The van der Waals surface area contributed by atoms with Crippen molar-refractivity contribution in [2.24, 2.45) is 10.7 Å². The number of guanidine groups is 1. The molecular weight excluding hydrogens is 434 g/mol. The predicted octanol–water partition coefficient (Wildman–Crippen LogP) is 3.50. The molecule has 0 saturated carbocycles. The predicted molar refractivity (Wildman–Crippen MR) is 105 cm³/mol. The summed E-state index contributed by atoms with van der Waals surface area (Å²) in [5.74, 6) is 0.462. The molecule has 3 N–H and O–H groups in total. The van der Waals surface area contributed by atoms with Crippen LogP contribution in [0.4, 0.5) is 0 Å². The maximum atomic E-state index is 6.11. The highest BCUT2D eigenvalue weighted by Gasteiger charge is 2.22. The lowest BCUT2D eigenvalue weighted by Crippen LogP contribution is -2.42. The first-order chi connectivity index (χ1) is 10.1. The lowest BCUT2D eigenvalue weighted by atomic mass is 10.2. The molecule has 1 unspecified atom stereocenters. The van der Waals surface area contributed by atoms with Crippen LogP contribution in [0.5, 0.6) is 0 Å². The van der Waals surface area contributed by atoms with E-state index in [2.05, 4.69) is 22.1 Å². The van der Waals surface area contributed by atoms with Gasteiger partial charge in [-0.3, -0.25) is 4.90 Å². The van der Waals surface area contributed by atoms with Gasteiger partial charge < -0.3 is 11.1 Å². The van der Waals surface area contributed by atoms with E-state index in [9.17, 15) is 0 Å². The Hall–Kier alpha value is -0.240. The van der Waals surface area contributed by atoms with Crippen LogP contribution in [0.2, 0.25) is 10.0 Å². The fraction of sp³-hybridized carbons (Fsp3) is 0.533. The number of hydrogen-bond acceptors (Lipinski definition) is 2. The van der Waals surface area contributed by atoms with Gasteiger partial charge in [-0.25, -0.2) is 4.99 Å². The van der Waals surface area contributed by atoms with E-state index < -0.39 is 0 Å². The number of nitrogens with two attached hydrogens (primary N) is 1. The number of aliphatic imine (C=N–C) groups is 1. The van der Waals surface area contributed by atoms with E-state index in [1.54, 1.807) is 12.1 Å². The topological polar surface area (TPSA) is 53.6 Å². The molecular formula is C15H23Cl2IN4. The van der Waals surface area contributed by atoms with Crippen molar-refractivity contribution in [3.63, 3.8) is 0 Å². The molecule has 0 aromatic heterocycles. The highest BCUT2D eigenvalue weighted by Crippen LogP contribution is 2.21. The minimum absolute atomic E-state index is 0. The SMILES string of the molecule is CCN1CCCC1CNC(N)=NCc1ccc(Cl)cc1Cl.I. The van der Waals surface area contributed by atoms with Gasteiger partial charge >= 0.3 is 0 Å². The number of rotatable bonds is 5. The van der Waals surface area contributed by atoms with Crippen LogP contribution < -0.4 is 11.1 Å². The summed E-state index contributed by atoms with van der Waals surface area (Å²) in [5, 5.41) is 4.45. The average Bonchev–Trinajstić information content (AvgIpc) is 2.91. The molecule has 0 amide bonds. The van der Waals surface area contributed by atoms with Crippen molar-refractivity contribution >= 4 is 53.1 Å². The molecule has 1 fully saturated rings. The minimum Gasteiger partial charge on any atom is -0.370 e. The fourth-order valence-electron chi connectivity index (χ4n) is 2.64. The van der Waals surface area contributed by atoms with Crippen LogP contribution in [0.25, 0.3) is 0 Å². The second-order valence-corrected chi connectivity index (χ2v) is 6.09. The van der Waals surface area contributed by atoms with Crippen LogP contribution in [-0.4, -0.2) is 36.5 Å². The van der Waals surface area contributed by atoms with Crippen molar-refractivity contribution in [2.45, 2.75) is 32.4 Å². The third-order valence-electron chi connectivity index (χ3n) is 3.86. The molecule has 124 valence electrons. The third-order valence-corrected chi connectivity index (χ3v) is 4.45. The van der Waals surface area contributed by atoms with Gasteiger partial charge in [0.1, 0.15) is 0 Å². The number of nitrogens with zero attached hydrogens (tertiary/aromatic N) is 2. The standard InChI is InChI=1S/C15H22Cl2N4.HI/c1-2-21-7-3-4-13(21)10-20-15(18)19-9-11-5-6-12(16)8-14(11)17;/h5-6,8,13H,2-4,7,9-10H2,1H3,(H3,18,19,20);1H. The molecule has 1 aliphatic heterocycles. The molecule has 0 bridgehead atoms. The van der Waals surface area contributed by atoms with E-state index in [1.807, 2.05) is 6.07 Å². The first-order valence-corrected chi connectivity index (χ1v) is 8.07. The maximum Gasteiger partial charge on any atom is 0.188 e. The molecule has 1 aromatic rings. The Morgan fingerprint density at radius 3 is 2.91 bits per heavy atom. The highest BCUT2D eigenvalue weighted by molar-refractivity contribution is 14.0. The van der Waals surface area contributed by atoms with Crippen molar-refractivity contribution in [2.75, 3.05) is 19.6 Å². The lowest BCUT2D eigenvalue weighted by molar-refractivity contribution is 0.267. The number of benzene rings is 1. The Bertz CT molecular complexity index is 510. The Kier molecular flexibility index (Phi) is 8.82. The third kappa shape index (κ3) is 5.76. The highest BCUT2D eigenvalue weighted by atomic mass is 127. The van der Waals surface area contributed by atoms with Crippen LogP contribution in [-0.2, 0) is 6.54 Å². The summed E-state index contributed by atoms with van der Waals surface area (Å²) in [5.41, 5.74) is 6.84. The van der Waals surface area contributed by atoms with E-state index >= 15 is 0 Å². The van der Waals surface area contributed by atoms with Crippen LogP contribution in [0.1, 0.15) is 25.3 Å². The smallest absolute Gasteiger partial charge is 0.188 e. The second-order valence-electron chi connectivity index (χ2n) is 5.24. The zero-order valence-electron chi connectivity index (χ0n) is 12.7. The van der Waals surface area contributed by atoms with Gasteiger partial charge in [0.25, 0.3) is 0 Å². The Morgan fingerprint density at radius 1 is 1.45 bits per heavy atom. The Labute approximate surface area is 159 Å². The lowest BCUT2D eigenvalue weighted by Gasteiger charge is -2.23. The molecule has 22 heavy (non-hydrogen) atoms. The van der Waals surface area contributed by atoms with E-state index in [0.29, 0.717) is 28.6 Å². The molecule has 0 radical (unpaired) electrons. The molecule has 1 aliphatic rings. The normalized spacial score (nSPS) is 19.0. The number of likely N-dealkylation sites (tertiary alicyclic amines) is 1. The van der Waals surface area contributed by atoms with Crippen LogP contribution in [0.3, 0.4) is 0 Å². The zero-order chi connectivity index (χ0) is 15.2. The van der Waals surface area contributed by atoms with Gasteiger partial charge in [0.2, 0.25) is 0 Å². The number of hydrogen-bond donors (Lipinski definition) is 2. The Morgan fingerprint density at radius 2 is 2.23 bits per heavy atom. The van der Waals surface area contributed by atoms with Gasteiger partial charge in [-0.1, -0.05) is 36.2 Å². The van der Waals surface area contributed by atoms with Gasteiger partial charge in [0.05, 0.1) is 6.54 Å². The number of likely N-dealkylation sites (N-methyl/N-ethyl adjacent to an activating group) is 1. The largest absolute Gasteiger partial charge is 0.370 e. The van der Waals surface area contributed by atoms with Crippen molar-refractivity contribution in [1.82, 2.24) is 10.2 Å². The molecule has 2 rings (SSSR count). The molecule has 1 atom stereocenters. The molecule has 0 aliphatic carbocycles. The van der Waals surface area contributed by atoms with Crippen molar-refractivity contribution in [1.29, 1.82) is 0 Å². The van der Waals surface area contributed by atoms with Gasteiger partial charge in [0, 0.05) is 22.6 Å². The first-order valence-electron chi connectivity index (χ1n) is 7.32. The number of halogens is 3. The van der Waals surface area contributed by atoms with Crippen LogP contribution >= 0.6 is 47.2 Å². The van der Waals surface area contributed by atoms with Gasteiger partial charge in [-0.05, 0) is 43.6 Å². The van der Waals surface area contributed by atoms with Crippen LogP contribution in [0, 0.1) is 0 Å². The van der Waals surface area contributed by atoms with E-state index in [0.717, 1.165) is 18.7 Å². The molecule has 1 heterocycles. The van der Waals surface area contributed by atoms with Crippen LogP contribution in [0.15, 0.2) is 23.2 Å². The Balaban J connectivity index is 0.00000242. The molecule has 7 heteroatoms. The second kappa shape index (κ2) is 9.80. The van der Waals surface area contributed by atoms with E-state index in [-0.39, 0.29) is 24.0 Å². The first kappa shape index (κ1) is 19.8. The van der Waals surface area contributed by atoms with Crippen molar-refractivity contribution in [3.05, 3.63) is 33.8 Å². The minimum atomic E-state index is 0. The molecule has 4 nitrogen and oxygen atoms in total. The number of nitrogens with one attached hydrogen (secondary N) is 1. The molecule has 1 saturated heterocycles. The van der Waals surface area contributed by atoms with Gasteiger partial charge in [0.15, 0.2) is 5.96 Å². The molecule has 1 aromatic carbocycles. The van der Waals surface area contributed by atoms with E-state index in [4.69, 9.17) is 28.9 Å². The van der Waals surface area contributed by atoms with Crippen molar-refractivity contribution in [3.8, 4) is 0 Å². The molecule has 0 spiro atoms. The summed E-state index contributed by atoms with van der Waals surface area (Å²) in [6.45, 7) is 5.76. The fourth-order valence-corrected chi connectivity index (χ4v) is 3.11. The summed E-state index contributed by atoms with van der Waals surface area (Å²) in [7, 11) is 0. The summed E-state index contributed by atoms with van der Waals surface area (Å²) in [6.07, 6.45) is 2.48.